The third kappa shape index (κ3) is 8.21. The van der Waals surface area contributed by atoms with Crippen molar-refractivity contribution in [1.82, 2.24) is 14.8 Å². The second-order valence-corrected chi connectivity index (χ2v) is 12.4. The molecular formula is C34H46F2N6O2. The lowest BCUT2D eigenvalue weighted by atomic mass is 9.97. The number of aryl methyl sites for hydroxylation is 1. The Morgan fingerprint density at radius 2 is 1.68 bits per heavy atom. The van der Waals surface area contributed by atoms with Gasteiger partial charge in [0.15, 0.2) is 0 Å². The summed E-state index contributed by atoms with van der Waals surface area (Å²) in [7, 11) is 1.93. The summed E-state index contributed by atoms with van der Waals surface area (Å²) in [6, 6.07) is 12.9. The van der Waals surface area contributed by atoms with Gasteiger partial charge in [-0.1, -0.05) is 31.2 Å². The predicted molar refractivity (Wildman–Crippen MR) is 174 cm³/mol. The van der Waals surface area contributed by atoms with Gasteiger partial charge in [0.2, 0.25) is 17.3 Å². The van der Waals surface area contributed by atoms with Gasteiger partial charge in [0, 0.05) is 63.8 Å². The maximum absolute atomic E-state index is 12.6. The number of nitrogens with one attached hydrogen (secondary N) is 2. The summed E-state index contributed by atoms with van der Waals surface area (Å²) < 4.78 is 25.1. The van der Waals surface area contributed by atoms with Gasteiger partial charge in [-0.05, 0) is 74.9 Å². The highest BCUT2D eigenvalue weighted by molar-refractivity contribution is 5.54. The number of halogens is 2. The largest absolute Gasteiger partial charge is 0.387 e. The van der Waals surface area contributed by atoms with Crippen molar-refractivity contribution in [1.29, 1.82) is 0 Å². The smallest absolute Gasteiger partial charge is 0.248 e. The number of rotatable bonds is 10. The van der Waals surface area contributed by atoms with Crippen molar-refractivity contribution >= 4 is 17.2 Å². The van der Waals surface area contributed by atoms with Gasteiger partial charge in [-0.3, -0.25) is 19.4 Å². The summed E-state index contributed by atoms with van der Waals surface area (Å²) in [6.45, 7) is 10.7. The number of likely N-dealkylation sites (tertiary alicyclic amines) is 1. The monoisotopic (exact) mass is 608 g/mol. The van der Waals surface area contributed by atoms with Crippen molar-refractivity contribution < 1.29 is 8.78 Å². The minimum Gasteiger partial charge on any atom is -0.387 e. The van der Waals surface area contributed by atoms with E-state index in [2.05, 4.69) is 45.2 Å². The van der Waals surface area contributed by atoms with E-state index in [1.54, 1.807) is 0 Å². The maximum atomic E-state index is 12.6. The van der Waals surface area contributed by atoms with Gasteiger partial charge in [0.25, 0.3) is 0 Å². The topological polar surface area (TPSA) is 80.8 Å². The van der Waals surface area contributed by atoms with Crippen LogP contribution in [-0.4, -0.2) is 79.1 Å². The molecule has 3 aromatic rings. The van der Waals surface area contributed by atoms with Crippen LogP contribution in [0.1, 0.15) is 55.7 Å². The van der Waals surface area contributed by atoms with Crippen LogP contribution in [0.4, 0.5) is 26.0 Å². The molecule has 0 amide bonds. The number of aromatic nitrogens is 1. The SMILES string of the molecule is CCC1CN(c2ncc(NC)cc2C)CCN1C1CCN(Cc2ccc(CC(F)F)cc2)CC1.O=c1cc(NC2CC2)c1=O. The van der Waals surface area contributed by atoms with E-state index in [0.717, 1.165) is 70.0 Å². The number of pyridine rings is 1. The number of anilines is 3. The fourth-order valence-corrected chi connectivity index (χ4v) is 6.44. The second-order valence-electron chi connectivity index (χ2n) is 12.4. The third-order valence-corrected chi connectivity index (χ3v) is 9.16. The fraction of sp³-hybridized carbons (Fsp3) is 0.559. The molecule has 2 aromatic carbocycles. The minimum absolute atomic E-state index is 0.158. The van der Waals surface area contributed by atoms with E-state index in [-0.39, 0.29) is 17.3 Å². The van der Waals surface area contributed by atoms with Crippen LogP contribution >= 0.6 is 0 Å². The van der Waals surface area contributed by atoms with Crippen molar-refractivity contribution in [3.63, 3.8) is 0 Å². The highest BCUT2D eigenvalue weighted by Crippen LogP contribution is 2.28. The molecule has 0 spiro atoms. The van der Waals surface area contributed by atoms with E-state index in [1.165, 1.54) is 30.0 Å². The van der Waals surface area contributed by atoms with Crippen LogP contribution in [0.15, 0.2) is 52.2 Å². The summed E-state index contributed by atoms with van der Waals surface area (Å²) in [5.74, 6) is 1.12. The van der Waals surface area contributed by atoms with Crippen LogP contribution in [0, 0.1) is 6.92 Å². The van der Waals surface area contributed by atoms with Gasteiger partial charge in [-0.25, -0.2) is 13.8 Å². The maximum Gasteiger partial charge on any atom is 0.248 e. The minimum atomic E-state index is -2.28. The molecule has 2 saturated heterocycles. The average molecular weight is 609 g/mol. The quantitative estimate of drug-likeness (QED) is 0.322. The Morgan fingerprint density at radius 1 is 0.977 bits per heavy atom. The normalized spacial score (nSPS) is 20.0. The first-order valence-corrected chi connectivity index (χ1v) is 16.0. The number of piperidine rings is 1. The Hall–Kier alpha value is -3.37. The number of alkyl halides is 2. The molecule has 1 unspecified atom stereocenters. The first-order valence-electron chi connectivity index (χ1n) is 16.0. The molecule has 3 heterocycles. The van der Waals surface area contributed by atoms with Crippen LogP contribution in [0.3, 0.4) is 0 Å². The number of benzene rings is 1. The van der Waals surface area contributed by atoms with E-state index >= 15 is 0 Å². The Morgan fingerprint density at radius 3 is 2.25 bits per heavy atom. The van der Waals surface area contributed by atoms with Crippen LogP contribution in [0.25, 0.3) is 0 Å². The summed E-state index contributed by atoms with van der Waals surface area (Å²) >= 11 is 0. The van der Waals surface area contributed by atoms with Gasteiger partial charge in [-0.15, -0.1) is 0 Å². The molecule has 3 aliphatic rings. The zero-order valence-corrected chi connectivity index (χ0v) is 26.2. The van der Waals surface area contributed by atoms with Crippen molar-refractivity contribution in [3.05, 3.63) is 79.7 Å². The standard InChI is InChI=1S/C27H39F2N5.C7H7NO2/c1-4-24-19-33(27-20(2)15-23(30-3)17-31-27)13-14-34(24)25-9-11-32(12-10-25)18-22-7-5-21(6-8-22)16-26(28)29;9-6-3-5(7(6)10)8-4-1-2-4/h5-8,15,17,24-26,30H,4,9-14,16,18-19H2,1-3H3;3-4,8H,1-2H2. The average Bonchev–Trinajstić information content (AvgIpc) is 3.86. The lowest BCUT2D eigenvalue weighted by molar-refractivity contribution is 0.0610. The molecule has 238 valence electrons. The third-order valence-electron chi connectivity index (χ3n) is 9.16. The summed E-state index contributed by atoms with van der Waals surface area (Å²) in [4.78, 5) is 33.5. The van der Waals surface area contributed by atoms with Crippen molar-refractivity contribution in [2.24, 2.45) is 0 Å². The van der Waals surface area contributed by atoms with E-state index < -0.39 is 6.43 Å². The number of nitrogens with zero attached hydrogens (tertiary/aromatic N) is 4. The lowest BCUT2D eigenvalue weighted by Crippen LogP contribution is -2.58. The van der Waals surface area contributed by atoms with Crippen LogP contribution < -0.4 is 26.4 Å². The Balaban J connectivity index is 0.000000322. The second kappa shape index (κ2) is 14.6. The molecule has 3 fully saturated rings. The lowest BCUT2D eigenvalue weighted by Gasteiger charge is -2.48. The van der Waals surface area contributed by atoms with E-state index in [9.17, 15) is 18.4 Å². The highest BCUT2D eigenvalue weighted by Gasteiger charge is 2.33. The fourth-order valence-electron chi connectivity index (χ4n) is 6.44. The summed E-state index contributed by atoms with van der Waals surface area (Å²) in [5, 5.41) is 6.14. The summed E-state index contributed by atoms with van der Waals surface area (Å²) in [5.41, 5.74) is 3.99. The van der Waals surface area contributed by atoms with Crippen LogP contribution in [0.5, 0.6) is 0 Å². The van der Waals surface area contributed by atoms with E-state index in [4.69, 9.17) is 4.98 Å². The van der Waals surface area contributed by atoms with Crippen molar-refractivity contribution in [2.75, 3.05) is 55.3 Å². The van der Waals surface area contributed by atoms with Crippen molar-refractivity contribution in [2.45, 2.75) is 83.5 Å². The molecule has 10 heteroatoms. The first-order chi connectivity index (χ1) is 21.2. The molecule has 1 aromatic heterocycles. The van der Waals surface area contributed by atoms with E-state index in [1.807, 2.05) is 37.5 Å². The van der Waals surface area contributed by atoms with Crippen molar-refractivity contribution in [3.8, 4) is 0 Å². The molecule has 8 nitrogen and oxygen atoms in total. The van der Waals surface area contributed by atoms with E-state index in [0.29, 0.717) is 29.4 Å². The molecule has 2 N–H and O–H groups in total. The molecule has 2 aliphatic heterocycles. The number of hydrogen-bond donors (Lipinski definition) is 2. The molecule has 1 saturated carbocycles. The molecule has 1 aliphatic carbocycles. The zero-order valence-electron chi connectivity index (χ0n) is 26.2. The van der Waals surface area contributed by atoms with Gasteiger partial charge in [0.05, 0.1) is 17.6 Å². The number of hydrogen-bond acceptors (Lipinski definition) is 8. The van der Waals surface area contributed by atoms with Gasteiger partial charge >= 0.3 is 0 Å². The van der Waals surface area contributed by atoms with Crippen LogP contribution in [-0.2, 0) is 13.0 Å². The molecule has 6 rings (SSSR count). The molecular weight excluding hydrogens is 562 g/mol. The Bertz CT molecular complexity index is 1430. The van der Waals surface area contributed by atoms with Gasteiger partial charge in [0.1, 0.15) is 5.82 Å². The number of piperazine rings is 1. The molecule has 1 atom stereocenters. The van der Waals surface area contributed by atoms with Gasteiger partial charge < -0.3 is 15.5 Å². The first kappa shape index (κ1) is 32.0. The Kier molecular flexibility index (Phi) is 10.6. The van der Waals surface area contributed by atoms with Crippen LogP contribution in [0.2, 0.25) is 0 Å². The summed E-state index contributed by atoms with van der Waals surface area (Å²) in [6.07, 6.45) is 5.26. The molecule has 0 bridgehead atoms. The zero-order chi connectivity index (χ0) is 31.2. The highest BCUT2D eigenvalue weighted by atomic mass is 19.3. The Labute approximate surface area is 259 Å². The molecule has 44 heavy (non-hydrogen) atoms. The molecule has 0 radical (unpaired) electrons. The van der Waals surface area contributed by atoms with Gasteiger partial charge in [-0.2, -0.15) is 0 Å². The predicted octanol–water partition coefficient (Wildman–Crippen LogP) is 4.66.